The van der Waals surface area contributed by atoms with Gasteiger partial charge in [0.15, 0.2) is 0 Å². The van der Waals surface area contributed by atoms with E-state index in [9.17, 15) is 4.79 Å². The average Bonchev–Trinajstić information content (AvgIpc) is 2.49. The number of carbonyl (C=O) groups excluding carboxylic acids is 1. The molecule has 21 heavy (non-hydrogen) atoms. The van der Waals surface area contributed by atoms with E-state index in [0.29, 0.717) is 10.8 Å². The summed E-state index contributed by atoms with van der Waals surface area (Å²) in [5.41, 5.74) is 1.91. The van der Waals surface area contributed by atoms with Crippen molar-refractivity contribution in [1.29, 1.82) is 0 Å². The third-order valence-electron chi connectivity index (χ3n) is 2.88. The van der Waals surface area contributed by atoms with Crippen molar-refractivity contribution < 1.29 is 14.3 Å². The number of aryl methyl sites for hydroxylation is 1. The molecule has 0 bridgehead atoms. The normalized spacial score (nSPS) is 10.6. The van der Waals surface area contributed by atoms with Gasteiger partial charge >= 0.3 is 5.97 Å². The predicted molar refractivity (Wildman–Crippen MR) is 83.9 cm³/mol. The monoisotopic (exact) mass is 302 g/mol. The number of benzene rings is 2. The molecule has 0 radical (unpaired) electrons. The molecule has 0 aliphatic carbocycles. The van der Waals surface area contributed by atoms with Gasteiger partial charge in [0.2, 0.25) is 0 Å². The van der Waals surface area contributed by atoms with Crippen LogP contribution in [0.25, 0.3) is 6.08 Å². The molecule has 0 atom stereocenters. The molecule has 0 fully saturated rings. The van der Waals surface area contributed by atoms with E-state index >= 15 is 0 Å². The van der Waals surface area contributed by atoms with Gasteiger partial charge in [-0.2, -0.15) is 0 Å². The Labute approximate surface area is 128 Å². The lowest BCUT2D eigenvalue weighted by atomic mass is 10.1. The largest absolute Gasteiger partial charge is 0.496 e. The van der Waals surface area contributed by atoms with E-state index in [0.717, 1.165) is 16.9 Å². The summed E-state index contributed by atoms with van der Waals surface area (Å²) in [5, 5.41) is 0.595. The first kappa shape index (κ1) is 15.1. The lowest BCUT2D eigenvalue weighted by Crippen LogP contribution is -2.03. The maximum absolute atomic E-state index is 11.7. The topological polar surface area (TPSA) is 35.5 Å². The molecule has 0 spiro atoms. The van der Waals surface area contributed by atoms with Crippen LogP contribution >= 0.6 is 11.6 Å². The van der Waals surface area contributed by atoms with Gasteiger partial charge in [-0.1, -0.05) is 23.7 Å². The fraction of sp³-hybridized carbons (Fsp3) is 0.118. The van der Waals surface area contributed by atoms with Crippen molar-refractivity contribution in [1.82, 2.24) is 0 Å². The Balaban J connectivity index is 2.03. The first-order chi connectivity index (χ1) is 10.1. The zero-order chi connectivity index (χ0) is 15.2. The molecule has 0 unspecified atom stereocenters. The van der Waals surface area contributed by atoms with Gasteiger partial charge in [0.05, 0.1) is 7.11 Å². The Morgan fingerprint density at radius 2 is 1.86 bits per heavy atom. The minimum absolute atomic E-state index is 0.447. The van der Waals surface area contributed by atoms with Crippen LogP contribution < -0.4 is 9.47 Å². The number of methoxy groups -OCH3 is 1. The average molecular weight is 303 g/mol. The third kappa shape index (κ3) is 4.36. The highest BCUT2D eigenvalue weighted by Gasteiger charge is 2.02. The molecule has 0 N–H and O–H groups in total. The number of carbonyl (C=O) groups is 1. The Kier molecular flexibility index (Phi) is 5.01. The van der Waals surface area contributed by atoms with Crippen LogP contribution in [-0.4, -0.2) is 13.1 Å². The Hall–Kier alpha value is -2.26. The lowest BCUT2D eigenvalue weighted by molar-refractivity contribution is -0.128. The molecule has 2 aromatic rings. The first-order valence-corrected chi connectivity index (χ1v) is 6.76. The molecule has 4 heteroatoms. The molecule has 2 rings (SSSR count). The van der Waals surface area contributed by atoms with Crippen molar-refractivity contribution in [3.05, 3.63) is 64.7 Å². The molecule has 108 valence electrons. The number of halogens is 1. The second-order valence-corrected chi connectivity index (χ2v) is 4.87. The smallest absolute Gasteiger partial charge is 0.336 e. The van der Waals surface area contributed by atoms with Crippen LogP contribution in [0.4, 0.5) is 0 Å². The highest BCUT2D eigenvalue weighted by Crippen LogP contribution is 2.20. The quantitative estimate of drug-likeness (QED) is 0.480. The van der Waals surface area contributed by atoms with Crippen molar-refractivity contribution in [2.24, 2.45) is 0 Å². The van der Waals surface area contributed by atoms with Crippen LogP contribution in [0.1, 0.15) is 11.1 Å². The Bertz CT molecular complexity index is 660. The van der Waals surface area contributed by atoms with Gasteiger partial charge in [0.25, 0.3) is 0 Å². The number of hydrogen-bond donors (Lipinski definition) is 0. The van der Waals surface area contributed by atoms with Crippen LogP contribution in [0.2, 0.25) is 5.02 Å². The van der Waals surface area contributed by atoms with Crippen LogP contribution in [0, 0.1) is 6.92 Å². The van der Waals surface area contributed by atoms with Gasteiger partial charge in [0.1, 0.15) is 11.5 Å². The molecule has 0 aliphatic rings. The summed E-state index contributed by atoms with van der Waals surface area (Å²) in [4.78, 5) is 11.7. The maximum atomic E-state index is 11.7. The van der Waals surface area contributed by atoms with Gasteiger partial charge in [-0.3, -0.25) is 0 Å². The molecule has 0 aliphatic heterocycles. The highest BCUT2D eigenvalue weighted by molar-refractivity contribution is 6.30. The second kappa shape index (κ2) is 6.95. The molecule has 0 saturated heterocycles. The van der Waals surface area contributed by atoms with Crippen molar-refractivity contribution >= 4 is 23.6 Å². The van der Waals surface area contributed by atoms with Gasteiger partial charge in [0, 0.05) is 11.1 Å². The first-order valence-electron chi connectivity index (χ1n) is 6.38. The molecule has 0 aromatic heterocycles. The molecule has 3 nitrogen and oxygen atoms in total. The van der Waals surface area contributed by atoms with Gasteiger partial charge in [-0.05, 0) is 54.5 Å². The molecule has 0 heterocycles. The summed E-state index contributed by atoms with van der Waals surface area (Å²) in [6, 6.07) is 12.3. The van der Waals surface area contributed by atoms with E-state index < -0.39 is 5.97 Å². The second-order valence-electron chi connectivity index (χ2n) is 4.44. The van der Waals surface area contributed by atoms with Gasteiger partial charge in [-0.25, -0.2) is 4.79 Å². The van der Waals surface area contributed by atoms with Gasteiger partial charge in [-0.15, -0.1) is 0 Å². The minimum atomic E-state index is -0.447. The summed E-state index contributed by atoms with van der Waals surface area (Å²) in [6.07, 6.45) is 3.05. The fourth-order valence-corrected chi connectivity index (χ4v) is 1.88. The number of rotatable bonds is 4. The minimum Gasteiger partial charge on any atom is -0.496 e. The van der Waals surface area contributed by atoms with Crippen LogP contribution in [0.15, 0.2) is 48.5 Å². The van der Waals surface area contributed by atoms with E-state index in [1.54, 1.807) is 37.5 Å². The molecule has 0 amide bonds. The lowest BCUT2D eigenvalue weighted by Gasteiger charge is -2.05. The zero-order valence-corrected chi connectivity index (χ0v) is 12.6. The van der Waals surface area contributed by atoms with Crippen molar-refractivity contribution in [3.63, 3.8) is 0 Å². The van der Waals surface area contributed by atoms with Crippen LogP contribution in [0.5, 0.6) is 11.5 Å². The van der Waals surface area contributed by atoms with E-state index in [1.807, 2.05) is 25.1 Å². The zero-order valence-electron chi connectivity index (χ0n) is 11.8. The molecular formula is C17H15ClO3. The molecule has 2 aromatic carbocycles. The third-order valence-corrected chi connectivity index (χ3v) is 3.13. The Morgan fingerprint density at radius 3 is 2.52 bits per heavy atom. The van der Waals surface area contributed by atoms with E-state index in [4.69, 9.17) is 21.1 Å². The Morgan fingerprint density at radius 1 is 1.14 bits per heavy atom. The summed E-state index contributed by atoms with van der Waals surface area (Å²) in [7, 11) is 1.62. The van der Waals surface area contributed by atoms with Crippen molar-refractivity contribution in [2.75, 3.05) is 7.11 Å². The van der Waals surface area contributed by atoms with Crippen LogP contribution in [-0.2, 0) is 4.79 Å². The molecule has 0 saturated carbocycles. The summed E-state index contributed by atoms with van der Waals surface area (Å²) in [6.45, 7) is 1.96. The van der Waals surface area contributed by atoms with Crippen molar-refractivity contribution in [3.8, 4) is 11.5 Å². The SMILES string of the molecule is COc1cc(C=CC(=O)Oc2ccc(Cl)cc2)ccc1C. The fourth-order valence-electron chi connectivity index (χ4n) is 1.76. The van der Waals surface area contributed by atoms with E-state index in [2.05, 4.69) is 0 Å². The number of esters is 1. The van der Waals surface area contributed by atoms with Crippen molar-refractivity contribution in [2.45, 2.75) is 6.92 Å². The highest BCUT2D eigenvalue weighted by atomic mass is 35.5. The standard InChI is InChI=1S/C17H15ClO3/c1-12-3-4-13(11-16(12)20-2)5-10-17(19)21-15-8-6-14(18)7-9-15/h3-11H,1-2H3. The van der Waals surface area contributed by atoms with Crippen LogP contribution in [0.3, 0.4) is 0 Å². The summed E-state index contributed by atoms with van der Waals surface area (Å²) in [5.74, 6) is 0.788. The number of ether oxygens (including phenoxy) is 2. The number of hydrogen-bond acceptors (Lipinski definition) is 3. The summed E-state index contributed by atoms with van der Waals surface area (Å²) < 4.78 is 10.4. The summed E-state index contributed by atoms with van der Waals surface area (Å²) >= 11 is 5.76. The maximum Gasteiger partial charge on any atom is 0.336 e. The van der Waals surface area contributed by atoms with E-state index in [-0.39, 0.29) is 0 Å². The van der Waals surface area contributed by atoms with E-state index in [1.165, 1.54) is 6.08 Å². The van der Waals surface area contributed by atoms with Gasteiger partial charge < -0.3 is 9.47 Å². The molecular weight excluding hydrogens is 288 g/mol. The predicted octanol–water partition coefficient (Wildman–Crippen LogP) is 4.28.